The fourth-order valence-corrected chi connectivity index (χ4v) is 4.26. The van der Waals surface area contributed by atoms with Crippen LogP contribution in [0.25, 0.3) is 0 Å². The fourth-order valence-electron chi connectivity index (χ4n) is 2.78. The summed E-state index contributed by atoms with van der Waals surface area (Å²) in [5.74, 6) is 0.0498. The monoisotopic (exact) mass is 462 g/mol. The molecule has 0 saturated heterocycles. The molecule has 8 nitrogen and oxygen atoms in total. The van der Waals surface area contributed by atoms with Gasteiger partial charge in [0.25, 0.3) is 5.91 Å². The summed E-state index contributed by atoms with van der Waals surface area (Å²) < 4.78 is 34.8. The molecule has 2 N–H and O–H groups in total. The molecule has 10 heteroatoms. The lowest BCUT2D eigenvalue weighted by Gasteiger charge is -2.12. The molecule has 0 unspecified atom stereocenters. The van der Waals surface area contributed by atoms with Gasteiger partial charge in [0, 0.05) is 30.2 Å². The van der Waals surface area contributed by atoms with Crippen LogP contribution in [-0.4, -0.2) is 36.8 Å². The third-order valence-electron chi connectivity index (χ3n) is 4.12. The zero-order valence-corrected chi connectivity index (χ0v) is 18.7. The summed E-state index contributed by atoms with van der Waals surface area (Å²) >= 11 is 6.15. The first-order valence-corrected chi connectivity index (χ1v) is 11.4. The van der Waals surface area contributed by atoms with Crippen LogP contribution < -0.4 is 14.8 Å². The quantitative estimate of drug-likeness (QED) is 0.506. The molecular weight excluding hydrogens is 440 g/mol. The molecule has 0 atom stereocenters. The van der Waals surface area contributed by atoms with Crippen LogP contribution in [0, 0.1) is 0 Å². The maximum absolute atomic E-state index is 12.8. The van der Waals surface area contributed by atoms with Gasteiger partial charge in [-0.15, -0.1) is 0 Å². The minimum absolute atomic E-state index is 0.0357. The molecule has 0 aliphatic rings. The van der Waals surface area contributed by atoms with Gasteiger partial charge in [-0.2, -0.15) is 5.10 Å². The lowest BCUT2D eigenvalue weighted by molar-refractivity contribution is 0.102. The number of benzene rings is 2. The molecule has 0 aliphatic carbocycles. The van der Waals surface area contributed by atoms with Gasteiger partial charge < -0.3 is 10.1 Å². The molecule has 0 aliphatic heterocycles. The number of halogens is 1. The number of ether oxygens (including phenoxy) is 1. The Morgan fingerprint density at radius 1 is 1.19 bits per heavy atom. The Labute approximate surface area is 186 Å². The van der Waals surface area contributed by atoms with E-state index in [2.05, 4.69) is 15.1 Å². The Balaban J connectivity index is 1.70. The molecule has 3 aromatic rings. The van der Waals surface area contributed by atoms with Crippen molar-refractivity contribution in [1.82, 2.24) is 14.5 Å². The number of carbonyl (C=O) groups excluding carboxylic acids is 1. The van der Waals surface area contributed by atoms with E-state index in [1.54, 1.807) is 49.0 Å². The number of rotatable bonds is 9. The van der Waals surface area contributed by atoms with Crippen molar-refractivity contribution >= 4 is 33.2 Å². The van der Waals surface area contributed by atoms with Gasteiger partial charge in [-0.25, -0.2) is 13.1 Å². The van der Waals surface area contributed by atoms with Gasteiger partial charge in [0.05, 0.1) is 22.0 Å². The highest BCUT2D eigenvalue weighted by atomic mass is 35.5. The largest absolute Gasteiger partial charge is 0.492 e. The summed E-state index contributed by atoms with van der Waals surface area (Å²) in [4.78, 5) is 12.7. The molecule has 0 radical (unpaired) electrons. The van der Waals surface area contributed by atoms with Crippen LogP contribution in [0.15, 0.2) is 65.8 Å². The van der Waals surface area contributed by atoms with Crippen molar-refractivity contribution in [3.05, 3.63) is 71.5 Å². The van der Waals surface area contributed by atoms with Crippen molar-refractivity contribution in [2.24, 2.45) is 0 Å². The molecule has 164 valence electrons. The fraction of sp³-hybridized carbons (Fsp3) is 0.238. The molecule has 1 heterocycles. The van der Waals surface area contributed by atoms with E-state index >= 15 is 0 Å². The molecule has 0 fully saturated rings. The Kier molecular flexibility index (Phi) is 7.32. The van der Waals surface area contributed by atoms with Crippen LogP contribution in [0.4, 0.5) is 5.69 Å². The van der Waals surface area contributed by atoms with E-state index in [-0.39, 0.29) is 21.5 Å². The van der Waals surface area contributed by atoms with E-state index in [9.17, 15) is 13.2 Å². The van der Waals surface area contributed by atoms with Crippen molar-refractivity contribution < 1.29 is 17.9 Å². The van der Waals surface area contributed by atoms with Crippen LogP contribution >= 0.6 is 11.6 Å². The second-order valence-electron chi connectivity index (χ2n) is 7.02. The van der Waals surface area contributed by atoms with Crippen molar-refractivity contribution in [2.75, 3.05) is 11.9 Å². The smallest absolute Gasteiger partial charge is 0.257 e. The third-order valence-corrected chi connectivity index (χ3v) is 6.11. The summed E-state index contributed by atoms with van der Waals surface area (Å²) in [6.45, 7) is 4.43. The third kappa shape index (κ3) is 6.30. The molecule has 0 saturated carbocycles. The van der Waals surface area contributed by atoms with Crippen molar-refractivity contribution in [3.8, 4) is 5.75 Å². The van der Waals surface area contributed by atoms with Crippen LogP contribution in [0.2, 0.25) is 5.02 Å². The highest BCUT2D eigenvalue weighted by molar-refractivity contribution is 7.89. The van der Waals surface area contributed by atoms with E-state index < -0.39 is 15.9 Å². The Morgan fingerprint density at radius 3 is 2.71 bits per heavy atom. The number of carbonyl (C=O) groups is 1. The topological polar surface area (TPSA) is 102 Å². The van der Waals surface area contributed by atoms with Gasteiger partial charge in [0.2, 0.25) is 10.0 Å². The Hall–Kier alpha value is -2.88. The van der Waals surface area contributed by atoms with Gasteiger partial charge in [-0.05, 0) is 50.2 Å². The molecule has 0 bridgehead atoms. The van der Waals surface area contributed by atoms with Crippen molar-refractivity contribution in [3.63, 3.8) is 0 Å². The number of hydrogen-bond acceptors (Lipinski definition) is 5. The molecule has 3 rings (SSSR count). The molecule has 2 aromatic carbocycles. The van der Waals surface area contributed by atoms with E-state index in [0.29, 0.717) is 24.6 Å². The molecular formula is C21H23ClN4O4S. The van der Waals surface area contributed by atoms with Gasteiger partial charge in [-0.1, -0.05) is 17.7 Å². The highest BCUT2D eigenvalue weighted by Gasteiger charge is 2.19. The number of nitrogens with one attached hydrogen (secondary N) is 2. The minimum Gasteiger partial charge on any atom is -0.492 e. The van der Waals surface area contributed by atoms with Gasteiger partial charge in [0.15, 0.2) is 0 Å². The van der Waals surface area contributed by atoms with E-state index in [0.717, 1.165) is 0 Å². The first-order valence-electron chi connectivity index (χ1n) is 9.58. The standard InChI is InChI=1S/C21H23ClN4O4S/c1-15(2)25-31(28,29)18-7-8-20(22)19(14-18)21(27)24-16-5-3-6-17(13-16)30-12-11-26-10-4-9-23-26/h3-10,13-15,25H,11-12H2,1-2H3,(H,24,27). The lowest BCUT2D eigenvalue weighted by atomic mass is 10.2. The Morgan fingerprint density at radius 2 is 2.00 bits per heavy atom. The van der Waals surface area contributed by atoms with Crippen molar-refractivity contribution in [2.45, 2.75) is 31.3 Å². The molecule has 31 heavy (non-hydrogen) atoms. The van der Waals surface area contributed by atoms with E-state index in [1.807, 2.05) is 12.3 Å². The molecule has 1 aromatic heterocycles. The van der Waals surface area contributed by atoms with Crippen LogP contribution in [0.5, 0.6) is 5.75 Å². The first kappa shape index (κ1) is 22.8. The number of aromatic nitrogens is 2. The number of anilines is 1. The Bertz CT molecular complexity index is 1150. The number of sulfonamides is 1. The summed E-state index contributed by atoms with van der Waals surface area (Å²) in [7, 11) is -3.76. The van der Waals surface area contributed by atoms with Gasteiger partial charge in [0.1, 0.15) is 12.4 Å². The SMILES string of the molecule is CC(C)NS(=O)(=O)c1ccc(Cl)c(C(=O)Nc2cccc(OCCn3cccn3)c2)c1. The average Bonchev–Trinajstić information content (AvgIpc) is 3.21. The number of amides is 1. The predicted molar refractivity (Wildman–Crippen MR) is 119 cm³/mol. The zero-order valence-electron chi connectivity index (χ0n) is 17.1. The maximum atomic E-state index is 12.8. The van der Waals surface area contributed by atoms with Gasteiger partial charge in [-0.3, -0.25) is 9.48 Å². The van der Waals surface area contributed by atoms with E-state index in [1.165, 1.54) is 18.2 Å². The highest BCUT2D eigenvalue weighted by Crippen LogP contribution is 2.23. The summed E-state index contributed by atoms with van der Waals surface area (Å²) in [5, 5.41) is 6.98. The normalized spacial score (nSPS) is 11.5. The van der Waals surface area contributed by atoms with Crippen LogP contribution in [0.1, 0.15) is 24.2 Å². The summed E-state index contributed by atoms with van der Waals surface area (Å²) in [6, 6.07) is 12.5. The predicted octanol–water partition coefficient (Wildman–Crippen LogP) is 3.55. The number of hydrogen-bond donors (Lipinski definition) is 2. The maximum Gasteiger partial charge on any atom is 0.257 e. The average molecular weight is 463 g/mol. The lowest BCUT2D eigenvalue weighted by Crippen LogP contribution is -2.30. The van der Waals surface area contributed by atoms with Crippen LogP contribution in [-0.2, 0) is 16.6 Å². The first-order chi connectivity index (χ1) is 14.7. The second-order valence-corrected chi connectivity index (χ2v) is 9.14. The summed E-state index contributed by atoms with van der Waals surface area (Å²) in [5.41, 5.74) is 0.546. The summed E-state index contributed by atoms with van der Waals surface area (Å²) in [6.07, 6.45) is 3.54. The molecule has 0 spiro atoms. The zero-order chi connectivity index (χ0) is 22.4. The second kappa shape index (κ2) is 9.95. The van der Waals surface area contributed by atoms with Gasteiger partial charge >= 0.3 is 0 Å². The van der Waals surface area contributed by atoms with E-state index in [4.69, 9.17) is 16.3 Å². The molecule has 1 amide bonds. The minimum atomic E-state index is -3.76. The van der Waals surface area contributed by atoms with Crippen LogP contribution in [0.3, 0.4) is 0 Å². The number of nitrogens with zero attached hydrogens (tertiary/aromatic N) is 2. The van der Waals surface area contributed by atoms with Crippen molar-refractivity contribution in [1.29, 1.82) is 0 Å².